The molecular weight excluding hydrogens is 556 g/mol. The molecule has 9 heteroatoms. The van der Waals surface area contributed by atoms with Crippen LogP contribution < -0.4 is 10.2 Å². The average molecular weight is 593 g/mol. The molecule has 0 N–H and O–H groups in total. The fourth-order valence-electron chi connectivity index (χ4n) is 4.96. The van der Waals surface area contributed by atoms with Gasteiger partial charge in [-0.25, -0.2) is 4.98 Å². The molecule has 1 fully saturated rings. The molecule has 1 aliphatic rings. The number of aryl methyl sites for hydroxylation is 2. The lowest BCUT2D eigenvalue weighted by molar-refractivity contribution is -0.301. The van der Waals surface area contributed by atoms with Crippen LogP contribution in [0.1, 0.15) is 33.7 Å². The number of carboxylic acid groups (broad SMARTS) is 2. The van der Waals surface area contributed by atoms with Gasteiger partial charge in [0.15, 0.2) is 5.78 Å². The van der Waals surface area contributed by atoms with Crippen molar-refractivity contribution in [1.29, 1.82) is 0 Å². The first-order valence-corrected chi connectivity index (χ1v) is 14.6. The van der Waals surface area contributed by atoms with Crippen LogP contribution in [-0.4, -0.2) is 69.8 Å². The predicted molar refractivity (Wildman–Crippen MR) is 166 cm³/mol. The first-order valence-electron chi connectivity index (χ1n) is 14.6. The highest BCUT2D eigenvalue weighted by molar-refractivity contribution is 5.96. The summed E-state index contributed by atoms with van der Waals surface area (Å²) in [4.78, 5) is 41.6. The third-order valence-electron chi connectivity index (χ3n) is 7.33. The van der Waals surface area contributed by atoms with Gasteiger partial charge in [-0.05, 0) is 36.8 Å². The van der Waals surface area contributed by atoms with E-state index < -0.39 is 11.9 Å². The Morgan fingerprint density at radius 1 is 0.795 bits per heavy atom. The molecule has 0 atom stereocenters. The number of hydrogen-bond acceptors (Lipinski definition) is 8. The zero-order chi connectivity index (χ0) is 31.3. The Balaban J connectivity index is 0.000000488. The number of hydrogen-bond donors (Lipinski definition) is 0. The molecule has 1 saturated heterocycles. The van der Waals surface area contributed by atoms with Gasteiger partial charge in [0.25, 0.3) is 0 Å². The maximum absolute atomic E-state index is 12.8. The highest BCUT2D eigenvalue weighted by atomic mass is 16.4. The molecule has 1 aromatic heterocycles. The Hall–Kier alpha value is -4.86. The predicted octanol–water partition coefficient (Wildman–Crippen LogP) is 2.49. The van der Waals surface area contributed by atoms with Crippen LogP contribution in [0.5, 0.6) is 0 Å². The minimum atomic E-state index is -1.55. The maximum atomic E-state index is 12.8. The SMILES string of the molecule is Cc1ccc(C(=O)CCn2c(CN3CCN(CC=Cc4ccccc4)CC3)nc3ccccc32)cc1.O=C([O-])C=CC(=O)[O-]. The number of carboxylic acids is 2. The summed E-state index contributed by atoms with van der Waals surface area (Å²) in [6.07, 6.45) is 5.70. The van der Waals surface area contributed by atoms with E-state index in [1.165, 1.54) is 11.1 Å². The Bertz CT molecular complexity index is 1590. The second-order valence-electron chi connectivity index (χ2n) is 10.6. The normalized spacial score (nSPS) is 14.1. The van der Waals surface area contributed by atoms with Gasteiger partial charge >= 0.3 is 0 Å². The van der Waals surface area contributed by atoms with E-state index in [-0.39, 0.29) is 5.78 Å². The number of ketones is 1. The van der Waals surface area contributed by atoms with E-state index in [1.807, 2.05) is 49.4 Å². The standard InChI is InChI=1S/C31H34N4O.C4H4O4/c1-25-13-15-27(16-14-25)30(36)17-19-35-29-12-6-5-11-28(29)32-31(35)24-34-22-20-33(21-23-34)18-7-10-26-8-3-2-4-9-26;5-3(6)1-2-4(7)8/h2-16H,17-24H2,1H3;1-2H,(H,5,6)(H,7,8)/p-2. The minimum Gasteiger partial charge on any atom is -0.545 e. The fourth-order valence-corrected chi connectivity index (χ4v) is 4.96. The molecule has 9 nitrogen and oxygen atoms in total. The van der Waals surface area contributed by atoms with E-state index in [4.69, 9.17) is 4.98 Å². The number of benzene rings is 3. The number of carbonyl (C=O) groups excluding carboxylic acids is 3. The van der Waals surface area contributed by atoms with Gasteiger partial charge < -0.3 is 24.4 Å². The second kappa shape index (κ2) is 16.1. The largest absolute Gasteiger partial charge is 0.545 e. The van der Waals surface area contributed by atoms with Gasteiger partial charge in [-0.15, -0.1) is 0 Å². The summed E-state index contributed by atoms with van der Waals surface area (Å²) < 4.78 is 2.25. The summed E-state index contributed by atoms with van der Waals surface area (Å²) >= 11 is 0. The molecular formula is C35H36N4O5-2. The monoisotopic (exact) mass is 592 g/mol. The van der Waals surface area contributed by atoms with Crippen LogP contribution in [0.25, 0.3) is 17.1 Å². The summed E-state index contributed by atoms with van der Waals surface area (Å²) in [5, 5.41) is 18.8. The number of Topliss-reactive ketones (excluding diaryl/α,β-unsaturated/α-hetero) is 1. The topological polar surface area (TPSA) is 122 Å². The number of nitrogens with zero attached hydrogens (tertiary/aromatic N) is 4. The van der Waals surface area contributed by atoms with E-state index in [2.05, 4.69) is 62.9 Å². The van der Waals surface area contributed by atoms with Crippen LogP contribution in [-0.2, 0) is 22.7 Å². The third-order valence-corrected chi connectivity index (χ3v) is 7.33. The Morgan fingerprint density at radius 3 is 2.07 bits per heavy atom. The van der Waals surface area contributed by atoms with Crippen molar-refractivity contribution in [3.8, 4) is 0 Å². The lowest BCUT2D eigenvalue weighted by Gasteiger charge is -2.34. The minimum absolute atomic E-state index is 0.177. The van der Waals surface area contributed by atoms with Gasteiger partial charge in [0.2, 0.25) is 0 Å². The molecule has 44 heavy (non-hydrogen) atoms. The van der Waals surface area contributed by atoms with Crippen molar-refractivity contribution in [2.75, 3.05) is 32.7 Å². The van der Waals surface area contributed by atoms with Crippen LogP contribution in [0.3, 0.4) is 0 Å². The number of aromatic nitrogens is 2. The zero-order valence-corrected chi connectivity index (χ0v) is 24.8. The first-order chi connectivity index (χ1) is 21.3. The van der Waals surface area contributed by atoms with Crippen molar-refractivity contribution in [3.63, 3.8) is 0 Å². The van der Waals surface area contributed by atoms with Crippen molar-refractivity contribution in [1.82, 2.24) is 19.4 Å². The summed E-state index contributed by atoms with van der Waals surface area (Å²) in [7, 11) is 0. The van der Waals surface area contributed by atoms with Crippen molar-refractivity contribution in [2.24, 2.45) is 0 Å². The van der Waals surface area contributed by atoms with Crippen LogP contribution in [0, 0.1) is 6.92 Å². The molecule has 3 aromatic carbocycles. The molecule has 4 aromatic rings. The van der Waals surface area contributed by atoms with Gasteiger partial charge in [0, 0.05) is 51.3 Å². The van der Waals surface area contributed by atoms with Gasteiger partial charge in [0.05, 0.1) is 29.5 Å². The third kappa shape index (κ3) is 9.86. The number of piperazine rings is 1. The van der Waals surface area contributed by atoms with Gasteiger partial charge in [-0.3, -0.25) is 14.6 Å². The summed E-state index contributed by atoms with van der Waals surface area (Å²) in [5.41, 5.74) is 5.30. The second-order valence-corrected chi connectivity index (χ2v) is 10.6. The van der Waals surface area contributed by atoms with E-state index in [0.717, 1.165) is 61.7 Å². The van der Waals surface area contributed by atoms with Gasteiger partial charge in [-0.1, -0.05) is 84.4 Å². The summed E-state index contributed by atoms with van der Waals surface area (Å²) in [5.74, 6) is -1.87. The van der Waals surface area contributed by atoms with E-state index >= 15 is 0 Å². The number of para-hydroxylation sites is 2. The first kappa shape index (κ1) is 32.1. The molecule has 1 aliphatic heterocycles. The van der Waals surface area contributed by atoms with Gasteiger partial charge in [0.1, 0.15) is 5.82 Å². The van der Waals surface area contributed by atoms with Crippen molar-refractivity contribution in [2.45, 2.75) is 26.4 Å². The Kier molecular flexibility index (Phi) is 11.7. The smallest absolute Gasteiger partial charge is 0.164 e. The number of fused-ring (bicyclic) bond motifs is 1. The number of carbonyl (C=O) groups is 3. The molecule has 0 spiro atoms. The molecule has 0 amide bonds. The molecule has 0 aliphatic carbocycles. The Morgan fingerprint density at radius 2 is 1.41 bits per heavy atom. The van der Waals surface area contributed by atoms with Crippen LogP contribution in [0.2, 0.25) is 0 Å². The van der Waals surface area contributed by atoms with E-state index in [9.17, 15) is 24.6 Å². The van der Waals surface area contributed by atoms with Crippen molar-refractivity contribution >= 4 is 34.8 Å². The van der Waals surface area contributed by atoms with E-state index in [1.54, 1.807) is 0 Å². The van der Waals surface area contributed by atoms with Crippen molar-refractivity contribution < 1.29 is 24.6 Å². The molecule has 0 saturated carbocycles. The number of rotatable bonds is 11. The van der Waals surface area contributed by atoms with Crippen LogP contribution in [0.15, 0.2) is 97.1 Å². The van der Waals surface area contributed by atoms with Crippen molar-refractivity contribution in [3.05, 3.63) is 120 Å². The molecule has 2 heterocycles. The molecule has 5 rings (SSSR count). The lowest BCUT2D eigenvalue weighted by Crippen LogP contribution is -2.46. The number of aliphatic carboxylic acids is 2. The summed E-state index contributed by atoms with van der Waals surface area (Å²) in [6.45, 7) is 8.60. The quantitative estimate of drug-likeness (QED) is 0.192. The Labute approximate surface area is 257 Å². The molecule has 228 valence electrons. The zero-order valence-electron chi connectivity index (χ0n) is 24.8. The highest BCUT2D eigenvalue weighted by Crippen LogP contribution is 2.19. The highest BCUT2D eigenvalue weighted by Gasteiger charge is 2.20. The molecule has 0 radical (unpaired) electrons. The lowest BCUT2D eigenvalue weighted by atomic mass is 10.1. The maximum Gasteiger partial charge on any atom is 0.164 e. The van der Waals surface area contributed by atoms with Crippen LogP contribution >= 0.6 is 0 Å². The molecule has 0 bridgehead atoms. The fraction of sp³-hybridized carbons (Fsp3) is 0.257. The van der Waals surface area contributed by atoms with Gasteiger partial charge in [-0.2, -0.15) is 0 Å². The van der Waals surface area contributed by atoms with Crippen LogP contribution in [0.4, 0.5) is 0 Å². The van der Waals surface area contributed by atoms with E-state index in [0.29, 0.717) is 25.1 Å². The summed E-state index contributed by atoms with van der Waals surface area (Å²) in [6, 6.07) is 26.6. The average Bonchev–Trinajstić information content (AvgIpc) is 3.37. The molecule has 0 unspecified atom stereocenters. The number of imidazole rings is 1.